The second-order valence-corrected chi connectivity index (χ2v) is 5.70. The molecule has 3 aromatic heterocycles. The van der Waals surface area contributed by atoms with E-state index in [2.05, 4.69) is 26.7 Å². The number of rotatable bonds is 7. The van der Waals surface area contributed by atoms with E-state index in [1.165, 1.54) is 24.2 Å². The molecule has 0 radical (unpaired) electrons. The Kier molecular flexibility index (Phi) is 4.99. The summed E-state index contributed by atoms with van der Waals surface area (Å²) in [5.41, 5.74) is 0.875. The SMILES string of the molecule is C=CCn1c(SCc2nccn2C(F)F)nnc1-c1ccncc1. The Morgan fingerprint density at radius 1 is 1.21 bits per heavy atom. The van der Waals surface area contributed by atoms with Gasteiger partial charge in [-0.15, -0.1) is 16.8 Å². The van der Waals surface area contributed by atoms with E-state index >= 15 is 0 Å². The van der Waals surface area contributed by atoms with Gasteiger partial charge in [-0.1, -0.05) is 17.8 Å². The summed E-state index contributed by atoms with van der Waals surface area (Å²) in [6.45, 7) is 1.65. The molecule has 0 aromatic carbocycles. The maximum absolute atomic E-state index is 12.9. The van der Waals surface area contributed by atoms with Gasteiger partial charge in [0.1, 0.15) is 5.82 Å². The molecule has 0 fully saturated rings. The number of hydrogen-bond donors (Lipinski definition) is 0. The van der Waals surface area contributed by atoms with Crippen LogP contribution in [0.15, 0.2) is 54.7 Å². The average Bonchev–Trinajstić information content (AvgIpc) is 3.21. The minimum atomic E-state index is -2.61. The molecule has 0 aliphatic rings. The molecule has 124 valence electrons. The molecule has 0 aliphatic heterocycles. The molecule has 3 rings (SSSR count). The first-order valence-electron chi connectivity index (χ1n) is 7.08. The quantitative estimate of drug-likeness (QED) is 0.484. The second-order valence-electron chi connectivity index (χ2n) is 4.76. The van der Waals surface area contributed by atoms with Gasteiger partial charge in [0, 0.05) is 36.9 Å². The van der Waals surface area contributed by atoms with Crippen molar-refractivity contribution >= 4 is 11.8 Å². The van der Waals surface area contributed by atoms with E-state index in [9.17, 15) is 8.78 Å². The second kappa shape index (κ2) is 7.35. The zero-order chi connectivity index (χ0) is 16.9. The highest BCUT2D eigenvalue weighted by Gasteiger charge is 2.16. The van der Waals surface area contributed by atoms with Crippen LogP contribution in [0.4, 0.5) is 8.78 Å². The van der Waals surface area contributed by atoms with Crippen LogP contribution in [0.1, 0.15) is 12.4 Å². The highest BCUT2D eigenvalue weighted by molar-refractivity contribution is 7.98. The molecule has 24 heavy (non-hydrogen) atoms. The van der Waals surface area contributed by atoms with Crippen LogP contribution in [-0.4, -0.2) is 29.3 Å². The van der Waals surface area contributed by atoms with Gasteiger partial charge in [0.25, 0.3) is 0 Å². The molecule has 0 bridgehead atoms. The topological polar surface area (TPSA) is 61.4 Å². The molecule has 3 aromatic rings. The maximum atomic E-state index is 12.9. The third-order valence-corrected chi connectivity index (χ3v) is 4.22. The van der Waals surface area contributed by atoms with Gasteiger partial charge in [-0.25, -0.2) is 4.98 Å². The lowest BCUT2D eigenvalue weighted by Crippen LogP contribution is -2.04. The van der Waals surface area contributed by atoms with Gasteiger partial charge in [-0.3, -0.25) is 14.1 Å². The fourth-order valence-electron chi connectivity index (χ4n) is 2.17. The Morgan fingerprint density at radius 3 is 2.71 bits per heavy atom. The van der Waals surface area contributed by atoms with E-state index in [4.69, 9.17) is 0 Å². The Labute approximate surface area is 141 Å². The maximum Gasteiger partial charge on any atom is 0.319 e. The van der Waals surface area contributed by atoms with Crippen LogP contribution in [0, 0.1) is 0 Å². The standard InChI is InChI=1S/C15H14F2N6S/c1-2-8-23-13(11-3-5-18-6-4-11)20-21-15(23)24-10-12-19-7-9-22(12)14(16)17/h2-7,9,14H,1,8,10H2. The molecule has 6 nitrogen and oxygen atoms in total. The highest BCUT2D eigenvalue weighted by Crippen LogP contribution is 2.26. The Morgan fingerprint density at radius 2 is 2.00 bits per heavy atom. The van der Waals surface area contributed by atoms with Crippen LogP contribution in [-0.2, 0) is 12.3 Å². The Balaban J connectivity index is 1.84. The third kappa shape index (κ3) is 3.35. The molecule has 0 unspecified atom stereocenters. The first-order chi connectivity index (χ1) is 11.7. The van der Waals surface area contributed by atoms with Crippen molar-refractivity contribution in [3.8, 4) is 11.4 Å². The van der Waals surface area contributed by atoms with E-state index in [1.807, 2.05) is 16.7 Å². The monoisotopic (exact) mass is 348 g/mol. The number of alkyl halides is 2. The van der Waals surface area contributed by atoms with Crippen LogP contribution in [0.25, 0.3) is 11.4 Å². The predicted octanol–water partition coefficient (Wildman–Crippen LogP) is 3.41. The normalized spacial score (nSPS) is 11.1. The van der Waals surface area contributed by atoms with Crippen molar-refractivity contribution < 1.29 is 8.78 Å². The molecule has 0 atom stereocenters. The number of nitrogens with zero attached hydrogens (tertiary/aromatic N) is 6. The lowest BCUT2D eigenvalue weighted by molar-refractivity contribution is 0.0678. The van der Waals surface area contributed by atoms with E-state index in [1.54, 1.807) is 18.5 Å². The Hall–Kier alpha value is -2.55. The molecule has 9 heteroatoms. The lowest BCUT2D eigenvalue weighted by Gasteiger charge is -2.08. The first kappa shape index (κ1) is 16.3. The predicted molar refractivity (Wildman–Crippen MR) is 86.5 cm³/mol. The number of imidazole rings is 1. The lowest BCUT2D eigenvalue weighted by atomic mass is 10.2. The van der Waals surface area contributed by atoms with Crippen molar-refractivity contribution in [3.05, 3.63) is 55.4 Å². The van der Waals surface area contributed by atoms with Gasteiger partial charge in [0.05, 0.1) is 5.75 Å². The van der Waals surface area contributed by atoms with Crippen molar-refractivity contribution in [1.82, 2.24) is 29.3 Å². The van der Waals surface area contributed by atoms with E-state index in [-0.39, 0.29) is 11.6 Å². The first-order valence-corrected chi connectivity index (χ1v) is 8.06. The van der Waals surface area contributed by atoms with Gasteiger partial charge >= 0.3 is 6.55 Å². The molecular formula is C15H14F2N6S. The fourth-order valence-corrected chi connectivity index (χ4v) is 3.06. The van der Waals surface area contributed by atoms with E-state index in [0.29, 0.717) is 17.5 Å². The van der Waals surface area contributed by atoms with Crippen molar-refractivity contribution in [2.45, 2.75) is 24.0 Å². The number of thioether (sulfide) groups is 1. The summed E-state index contributed by atoms with van der Waals surface area (Å²) in [4.78, 5) is 7.95. The third-order valence-electron chi connectivity index (χ3n) is 3.26. The van der Waals surface area contributed by atoms with E-state index in [0.717, 1.165) is 10.1 Å². The summed E-state index contributed by atoms with van der Waals surface area (Å²) < 4.78 is 28.5. The molecule has 0 saturated carbocycles. The molecule has 0 spiro atoms. The molecule has 3 heterocycles. The summed E-state index contributed by atoms with van der Waals surface area (Å²) >= 11 is 1.30. The van der Waals surface area contributed by atoms with Gasteiger partial charge < -0.3 is 0 Å². The number of allylic oxidation sites excluding steroid dienone is 1. The van der Waals surface area contributed by atoms with Gasteiger partial charge in [-0.05, 0) is 12.1 Å². The zero-order valence-electron chi connectivity index (χ0n) is 12.6. The molecule has 0 amide bonds. The summed E-state index contributed by atoms with van der Waals surface area (Å²) in [5, 5.41) is 8.99. The van der Waals surface area contributed by atoms with Crippen molar-refractivity contribution in [1.29, 1.82) is 0 Å². The minimum absolute atomic E-state index is 0.267. The van der Waals surface area contributed by atoms with Crippen molar-refractivity contribution in [2.75, 3.05) is 0 Å². The number of halogens is 2. The van der Waals surface area contributed by atoms with Crippen LogP contribution >= 0.6 is 11.8 Å². The van der Waals surface area contributed by atoms with Crippen LogP contribution < -0.4 is 0 Å². The Bertz CT molecular complexity index is 814. The zero-order valence-corrected chi connectivity index (χ0v) is 13.4. The minimum Gasteiger partial charge on any atom is -0.298 e. The molecular weight excluding hydrogens is 334 g/mol. The van der Waals surface area contributed by atoms with Gasteiger partial charge in [0.15, 0.2) is 11.0 Å². The summed E-state index contributed by atoms with van der Waals surface area (Å²) in [6.07, 6.45) is 7.71. The number of hydrogen-bond acceptors (Lipinski definition) is 5. The molecule has 0 saturated heterocycles. The number of pyridine rings is 1. The summed E-state index contributed by atoms with van der Waals surface area (Å²) in [5.74, 6) is 1.23. The van der Waals surface area contributed by atoms with Gasteiger partial charge in [0.2, 0.25) is 0 Å². The smallest absolute Gasteiger partial charge is 0.298 e. The molecule has 0 N–H and O–H groups in total. The van der Waals surface area contributed by atoms with Crippen LogP contribution in [0.5, 0.6) is 0 Å². The fraction of sp³-hybridized carbons (Fsp3) is 0.200. The van der Waals surface area contributed by atoms with Crippen molar-refractivity contribution in [3.63, 3.8) is 0 Å². The van der Waals surface area contributed by atoms with Gasteiger partial charge in [-0.2, -0.15) is 8.78 Å². The number of aromatic nitrogens is 6. The summed E-state index contributed by atoms with van der Waals surface area (Å²) in [6, 6.07) is 3.67. The van der Waals surface area contributed by atoms with Crippen molar-refractivity contribution in [2.24, 2.45) is 0 Å². The summed E-state index contributed by atoms with van der Waals surface area (Å²) in [7, 11) is 0. The highest BCUT2D eigenvalue weighted by atomic mass is 32.2. The van der Waals surface area contributed by atoms with E-state index < -0.39 is 6.55 Å². The van der Waals surface area contributed by atoms with Crippen LogP contribution in [0.3, 0.4) is 0 Å². The largest absolute Gasteiger partial charge is 0.319 e. The van der Waals surface area contributed by atoms with Crippen LogP contribution in [0.2, 0.25) is 0 Å². The molecule has 0 aliphatic carbocycles. The average molecular weight is 348 g/mol.